The van der Waals surface area contributed by atoms with Gasteiger partial charge in [0.2, 0.25) is 0 Å². The largest absolute Gasteiger partial charge is 0.573 e. The third-order valence-corrected chi connectivity index (χ3v) is 3.77. The maximum atomic E-state index is 12.3. The molecule has 23 heavy (non-hydrogen) atoms. The summed E-state index contributed by atoms with van der Waals surface area (Å²) in [5.41, 5.74) is 1.77. The smallest absolute Gasteiger partial charge is 0.496 e. The first-order valence-electron chi connectivity index (χ1n) is 6.31. The van der Waals surface area contributed by atoms with E-state index in [0.717, 1.165) is 3.57 Å². The van der Waals surface area contributed by atoms with Gasteiger partial charge in [0.05, 0.1) is 22.6 Å². The summed E-state index contributed by atoms with van der Waals surface area (Å²) < 4.78 is 48.4. The van der Waals surface area contributed by atoms with Gasteiger partial charge in [-0.1, -0.05) is 0 Å². The van der Waals surface area contributed by atoms with E-state index in [1.165, 1.54) is 25.3 Å². The molecule has 0 unspecified atom stereocenters. The summed E-state index contributed by atoms with van der Waals surface area (Å²) >= 11 is 2.11. The second kappa shape index (κ2) is 5.87. The second-order valence-corrected chi connectivity index (χ2v) is 5.65. The monoisotopic (exact) mass is 435 g/mol. The lowest BCUT2D eigenvalue weighted by atomic mass is 10.1. The van der Waals surface area contributed by atoms with E-state index >= 15 is 0 Å². The van der Waals surface area contributed by atoms with Crippen molar-refractivity contribution in [1.29, 1.82) is 0 Å². The van der Waals surface area contributed by atoms with E-state index in [-0.39, 0.29) is 11.5 Å². The number of fused-ring (bicyclic) bond motifs is 1. The summed E-state index contributed by atoms with van der Waals surface area (Å²) in [5.74, 6) is -0.115. The van der Waals surface area contributed by atoms with Crippen molar-refractivity contribution >= 4 is 28.2 Å². The van der Waals surface area contributed by atoms with Crippen LogP contribution in [0.4, 0.5) is 13.2 Å². The Morgan fingerprint density at radius 2 is 2.00 bits per heavy atom. The SMILES string of the molecule is COc1cc(OC(F)(F)F)ccc1-c1ccn2ncc(I)c2n1. The molecule has 0 aliphatic carbocycles. The van der Waals surface area contributed by atoms with E-state index in [2.05, 4.69) is 37.4 Å². The van der Waals surface area contributed by atoms with Crippen molar-refractivity contribution < 1.29 is 22.6 Å². The van der Waals surface area contributed by atoms with Gasteiger partial charge in [-0.05, 0) is 40.8 Å². The van der Waals surface area contributed by atoms with Crippen LogP contribution in [-0.4, -0.2) is 28.1 Å². The number of halogens is 4. The molecular weight excluding hydrogens is 426 g/mol. The van der Waals surface area contributed by atoms with Crippen LogP contribution < -0.4 is 9.47 Å². The Hall–Kier alpha value is -2.04. The maximum absolute atomic E-state index is 12.3. The van der Waals surface area contributed by atoms with Crippen molar-refractivity contribution in [2.24, 2.45) is 0 Å². The van der Waals surface area contributed by atoms with Crippen molar-refractivity contribution in [3.63, 3.8) is 0 Å². The van der Waals surface area contributed by atoms with Gasteiger partial charge in [-0.15, -0.1) is 13.2 Å². The minimum atomic E-state index is -4.75. The molecule has 0 fully saturated rings. The molecule has 0 saturated heterocycles. The predicted molar refractivity (Wildman–Crippen MR) is 84.4 cm³/mol. The van der Waals surface area contributed by atoms with Gasteiger partial charge in [0, 0.05) is 17.8 Å². The highest BCUT2D eigenvalue weighted by Crippen LogP contribution is 2.34. The number of alkyl halides is 3. The quantitative estimate of drug-likeness (QED) is 0.586. The van der Waals surface area contributed by atoms with Crippen LogP contribution in [0.25, 0.3) is 16.9 Å². The highest BCUT2D eigenvalue weighted by molar-refractivity contribution is 14.1. The fourth-order valence-electron chi connectivity index (χ4n) is 2.07. The average Bonchev–Trinajstić information content (AvgIpc) is 2.86. The van der Waals surface area contributed by atoms with Gasteiger partial charge >= 0.3 is 6.36 Å². The molecule has 0 radical (unpaired) electrons. The van der Waals surface area contributed by atoms with Crippen molar-refractivity contribution in [3.8, 4) is 22.8 Å². The molecule has 1 aromatic carbocycles. The van der Waals surface area contributed by atoms with Crippen LogP contribution in [0.15, 0.2) is 36.7 Å². The minimum Gasteiger partial charge on any atom is -0.496 e. The molecule has 0 aliphatic rings. The molecule has 2 heterocycles. The van der Waals surface area contributed by atoms with Crippen LogP contribution in [-0.2, 0) is 0 Å². The molecule has 0 saturated carbocycles. The fraction of sp³-hybridized carbons (Fsp3) is 0.143. The van der Waals surface area contributed by atoms with Gasteiger partial charge in [-0.3, -0.25) is 0 Å². The van der Waals surface area contributed by atoms with Gasteiger partial charge in [-0.25, -0.2) is 9.50 Å². The molecule has 3 aromatic rings. The molecule has 0 amide bonds. The summed E-state index contributed by atoms with van der Waals surface area (Å²) in [4.78, 5) is 4.47. The standard InChI is InChI=1S/C14H9F3IN3O2/c1-22-12-6-8(23-14(15,16)17)2-3-9(12)11-4-5-21-13(20-11)10(18)7-19-21/h2-7H,1H3. The van der Waals surface area contributed by atoms with Gasteiger partial charge < -0.3 is 9.47 Å². The third kappa shape index (κ3) is 3.33. The first kappa shape index (κ1) is 15.8. The summed E-state index contributed by atoms with van der Waals surface area (Å²) in [6, 6.07) is 5.58. The first-order valence-corrected chi connectivity index (χ1v) is 7.39. The number of hydrogen-bond donors (Lipinski definition) is 0. The molecule has 0 aliphatic heterocycles. The molecule has 9 heteroatoms. The molecule has 3 rings (SSSR count). The zero-order valence-corrected chi connectivity index (χ0v) is 13.8. The number of hydrogen-bond acceptors (Lipinski definition) is 4. The van der Waals surface area contributed by atoms with Gasteiger partial charge in [-0.2, -0.15) is 5.10 Å². The molecule has 0 atom stereocenters. The van der Waals surface area contributed by atoms with Gasteiger partial charge in [0.15, 0.2) is 5.65 Å². The Bertz CT molecular complexity index is 864. The third-order valence-electron chi connectivity index (χ3n) is 3.01. The minimum absolute atomic E-state index is 0.234. The highest BCUT2D eigenvalue weighted by Gasteiger charge is 2.31. The molecule has 0 N–H and O–H groups in total. The van der Waals surface area contributed by atoms with Crippen molar-refractivity contribution in [1.82, 2.24) is 14.6 Å². The molecule has 0 spiro atoms. The second-order valence-electron chi connectivity index (χ2n) is 4.48. The molecule has 2 aromatic heterocycles. The topological polar surface area (TPSA) is 48.7 Å². The molecule has 5 nitrogen and oxygen atoms in total. The molecule has 120 valence electrons. The molecular formula is C14H9F3IN3O2. The lowest BCUT2D eigenvalue weighted by molar-refractivity contribution is -0.274. The van der Waals surface area contributed by atoms with Gasteiger partial charge in [0.25, 0.3) is 0 Å². The predicted octanol–water partition coefficient (Wildman–Crippen LogP) is 3.91. The maximum Gasteiger partial charge on any atom is 0.573 e. The summed E-state index contributed by atoms with van der Waals surface area (Å²) in [5, 5.41) is 4.12. The van der Waals surface area contributed by atoms with Crippen LogP contribution in [0.3, 0.4) is 0 Å². The Morgan fingerprint density at radius 1 is 1.22 bits per heavy atom. The van der Waals surface area contributed by atoms with Crippen LogP contribution in [0.5, 0.6) is 11.5 Å². The van der Waals surface area contributed by atoms with Crippen LogP contribution in [0.2, 0.25) is 0 Å². The Morgan fingerprint density at radius 3 is 2.70 bits per heavy atom. The lowest BCUT2D eigenvalue weighted by Gasteiger charge is -2.13. The van der Waals surface area contributed by atoms with Crippen LogP contribution >= 0.6 is 22.6 Å². The van der Waals surface area contributed by atoms with E-state index in [0.29, 0.717) is 16.9 Å². The summed E-state index contributed by atoms with van der Waals surface area (Å²) in [6.07, 6.45) is -1.36. The molecule has 0 bridgehead atoms. The number of methoxy groups -OCH3 is 1. The first-order chi connectivity index (χ1) is 10.9. The number of nitrogens with zero attached hydrogens (tertiary/aromatic N) is 3. The highest BCUT2D eigenvalue weighted by atomic mass is 127. The van der Waals surface area contributed by atoms with Crippen LogP contribution in [0.1, 0.15) is 0 Å². The number of ether oxygens (including phenoxy) is 2. The van der Waals surface area contributed by atoms with Crippen LogP contribution in [0, 0.1) is 3.57 Å². The van der Waals surface area contributed by atoms with E-state index in [9.17, 15) is 13.2 Å². The normalized spacial score (nSPS) is 11.7. The van der Waals surface area contributed by atoms with E-state index < -0.39 is 6.36 Å². The Balaban J connectivity index is 2.05. The zero-order chi connectivity index (χ0) is 16.6. The lowest BCUT2D eigenvalue weighted by Crippen LogP contribution is -2.17. The number of benzene rings is 1. The Kier molecular flexibility index (Phi) is 4.04. The summed E-state index contributed by atoms with van der Waals surface area (Å²) in [7, 11) is 1.37. The van der Waals surface area contributed by atoms with Gasteiger partial charge in [0.1, 0.15) is 11.5 Å². The van der Waals surface area contributed by atoms with E-state index in [4.69, 9.17) is 4.74 Å². The van der Waals surface area contributed by atoms with E-state index in [1.807, 2.05) is 0 Å². The van der Waals surface area contributed by atoms with E-state index in [1.54, 1.807) is 23.0 Å². The number of rotatable bonds is 3. The fourth-order valence-corrected chi connectivity index (χ4v) is 2.56. The van der Waals surface area contributed by atoms with Crippen molar-refractivity contribution in [2.75, 3.05) is 7.11 Å². The Labute approximate surface area is 142 Å². The summed E-state index contributed by atoms with van der Waals surface area (Å²) in [6.45, 7) is 0. The zero-order valence-electron chi connectivity index (χ0n) is 11.6. The van der Waals surface area contributed by atoms with Crippen molar-refractivity contribution in [3.05, 3.63) is 40.2 Å². The van der Waals surface area contributed by atoms with Crippen molar-refractivity contribution in [2.45, 2.75) is 6.36 Å². The number of aromatic nitrogens is 3. The average molecular weight is 435 g/mol.